The SMILES string of the molecule is COCCN1CC[C@H](Cn2cnc(-c3ccccc3)c2-c2cc(C)[nH]n2)C1. The Kier molecular flexibility index (Phi) is 5.36. The lowest BCUT2D eigenvalue weighted by Gasteiger charge is -2.16. The number of benzene rings is 1. The fourth-order valence-corrected chi connectivity index (χ4v) is 3.90. The Morgan fingerprint density at radius 1 is 1.26 bits per heavy atom. The molecule has 0 radical (unpaired) electrons. The Morgan fingerprint density at radius 2 is 2.11 bits per heavy atom. The number of aromatic amines is 1. The molecule has 0 unspecified atom stereocenters. The fourth-order valence-electron chi connectivity index (χ4n) is 3.90. The number of aryl methyl sites for hydroxylation is 1. The molecule has 1 atom stereocenters. The molecule has 1 fully saturated rings. The van der Waals surface area contributed by atoms with Crippen molar-refractivity contribution >= 4 is 0 Å². The molecule has 4 rings (SSSR count). The van der Waals surface area contributed by atoms with Crippen LogP contribution in [0.4, 0.5) is 0 Å². The number of rotatable bonds is 7. The number of imidazole rings is 1. The molecule has 142 valence electrons. The molecule has 3 aromatic rings. The number of nitrogens with zero attached hydrogens (tertiary/aromatic N) is 4. The van der Waals surface area contributed by atoms with E-state index in [0.717, 1.165) is 61.1 Å². The van der Waals surface area contributed by atoms with E-state index in [1.807, 2.05) is 19.3 Å². The summed E-state index contributed by atoms with van der Waals surface area (Å²) in [6.45, 7) is 7.06. The van der Waals surface area contributed by atoms with Crippen LogP contribution in [0.1, 0.15) is 12.1 Å². The third kappa shape index (κ3) is 3.96. The number of H-pyrrole nitrogens is 1. The largest absolute Gasteiger partial charge is 0.383 e. The molecule has 0 aliphatic carbocycles. The van der Waals surface area contributed by atoms with E-state index in [1.54, 1.807) is 7.11 Å². The monoisotopic (exact) mass is 365 g/mol. The molecule has 0 bridgehead atoms. The first-order valence-electron chi connectivity index (χ1n) is 9.59. The number of aromatic nitrogens is 4. The minimum absolute atomic E-state index is 0.624. The van der Waals surface area contributed by atoms with Crippen molar-refractivity contribution in [2.24, 2.45) is 5.92 Å². The van der Waals surface area contributed by atoms with Crippen molar-refractivity contribution < 1.29 is 4.74 Å². The second-order valence-electron chi connectivity index (χ2n) is 7.34. The van der Waals surface area contributed by atoms with Gasteiger partial charge in [0.05, 0.1) is 24.3 Å². The van der Waals surface area contributed by atoms with Gasteiger partial charge in [0, 0.05) is 38.0 Å². The molecular formula is C21H27N5O. The van der Waals surface area contributed by atoms with Crippen LogP contribution in [-0.2, 0) is 11.3 Å². The highest BCUT2D eigenvalue weighted by atomic mass is 16.5. The van der Waals surface area contributed by atoms with Gasteiger partial charge in [-0.1, -0.05) is 30.3 Å². The van der Waals surface area contributed by atoms with Crippen LogP contribution >= 0.6 is 0 Å². The molecule has 6 heteroatoms. The average Bonchev–Trinajstić information content (AvgIpc) is 3.41. The van der Waals surface area contributed by atoms with Crippen molar-refractivity contribution in [3.8, 4) is 22.6 Å². The molecule has 0 spiro atoms. The number of nitrogens with one attached hydrogen (secondary N) is 1. The van der Waals surface area contributed by atoms with E-state index in [1.165, 1.54) is 6.42 Å². The average molecular weight is 365 g/mol. The van der Waals surface area contributed by atoms with E-state index in [2.05, 4.69) is 50.0 Å². The Balaban J connectivity index is 1.61. The number of hydrogen-bond donors (Lipinski definition) is 1. The Morgan fingerprint density at radius 3 is 2.85 bits per heavy atom. The molecule has 3 heterocycles. The van der Waals surface area contributed by atoms with Crippen LogP contribution < -0.4 is 0 Å². The summed E-state index contributed by atoms with van der Waals surface area (Å²) in [7, 11) is 1.77. The van der Waals surface area contributed by atoms with Crippen LogP contribution in [0.5, 0.6) is 0 Å². The van der Waals surface area contributed by atoms with Crippen LogP contribution in [0.15, 0.2) is 42.7 Å². The van der Waals surface area contributed by atoms with Crippen LogP contribution in [0.3, 0.4) is 0 Å². The lowest BCUT2D eigenvalue weighted by Crippen LogP contribution is -2.25. The van der Waals surface area contributed by atoms with E-state index < -0.39 is 0 Å². The summed E-state index contributed by atoms with van der Waals surface area (Å²) in [4.78, 5) is 7.25. The van der Waals surface area contributed by atoms with E-state index >= 15 is 0 Å². The summed E-state index contributed by atoms with van der Waals surface area (Å²) in [5.41, 5.74) is 5.23. The summed E-state index contributed by atoms with van der Waals surface area (Å²) in [5.74, 6) is 0.624. The summed E-state index contributed by atoms with van der Waals surface area (Å²) >= 11 is 0. The first-order valence-corrected chi connectivity index (χ1v) is 9.59. The zero-order valence-electron chi connectivity index (χ0n) is 16.1. The summed E-state index contributed by atoms with van der Waals surface area (Å²) in [6, 6.07) is 12.5. The summed E-state index contributed by atoms with van der Waals surface area (Å²) < 4.78 is 7.50. The Hall–Kier alpha value is -2.44. The van der Waals surface area contributed by atoms with Gasteiger partial charge in [-0.25, -0.2) is 4.98 Å². The first-order chi connectivity index (χ1) is 13.2. The Bertz CT molecular complexity index is 870. The van der Waals surface area contributed by atoms with Gasteiger partial charge in [-0.3, -0.25) is 5.10 Å². The topological polar surface area (TPSA) is 59.0 Å². The fraction of sp³-hybridized carbons (Fsp3) is 0.429. The second-order valence-corrected chi connectivity index (χ2v) is 7.34. The molecule has 1 aromatic carbocycles. The maximum atomic E-state index is 5.22. The molecule has 1 N–H and O–H groups in total. The predicted octanol–water partition coefficient (Wildman–Crippen LogP) is 3.22. The maximum Gasteiger partial charge on any atom is 0.111 e. The van der Waals surface area contributed by atoms with Crippen LogP contribution in [-0.4, -0.2) is 58.0 Å². The molecular weight excluding hydrogens is 338 g/mol. The maximum absolute atomic E-state index is 5.22. The van der Waals surface area contributed by atoms with Crippen molar-refractivity contribution in [3.05, 3.63) is 48.4 Å². The molecule has 27 heavy (non-hydrogen) atoms. The Labute approximate surface area is 160 Å². The smallest absolute Gasteiger partial charge is 0.111 e. The molecule has 6 nitrogen and oxygen atoms in total. The van der Waals surface area contributed by atoms with Crippen LogP contribution in [0, 0.1) is 12.8 Å². The van der Waals surface area contributed by atoms with Gasteiger partial charge >= 0.3 is 0 Å². The van der Waals surface area contributed by atoms with Gasteiger partial charge in [-0.2, -0.15) is 5.10 Å². The van der Waals surface area contributed by atoms with Gasteiger partial charge in [-0.15, -0.1) is 0 Å². The van der Waals surface area contributed by atoms with E-state index in [-0.39, 0.29) is 0 Å². The standard InChI is InChI=1S/C21H27N5O/c1-16-12-19(24-23-16)21-20(18-6-4-3-5-7-18)22-15-26(21)14-17-8-9-25(13-17)10-11-27-2/h3-7,12,15,17H,8-11,13-14H2,1-2H3,(H,23,24)/t17-/m0/s1. The normalized spacial score (nSPS) is 17.6. The lowest BCUT2D eigenvalue weighted by molar-refractivity contribution is 0.158. The minimum Gasteiger partial charge on any atom is -0.383 e. The van der Waals surface area contributed by atoms with Crippen LogP contribution in [0.25, 0.3) is 22.6 Å². The molecule has 1 aliphatic rings. The van der Waals surface area contributed by atoms with Gasteiger partial charge in [0.2, 0.25) is 0 Å². The van der Waals surface area contributed by atoms with Crippen molar-refractivity contribution in [1.29, 1.82) is 0 Å². The summed E-state index contributed by atoms with van der Waals surface area (Å²) in [5, 5.41) is 7.60. The van der Waals surface area contributed by atoms with Gasteiger partial charge in [0.1, 0.15) is 5.69 Å². The van der Waals surface area contributed by atoms with Crippen molar-refractivity contribution in [2.75, 3.05) is 33.4 Å². The molecule has 1 aliphatic heterocycles. The third-order valence-electron chi connectivity index (χ3n) is 5.27. The first kappa shape index (κ1) is 17.9. The number of ether oxygens (including phenoxy) is 1. The number of hydrogen-bond acceptors (Lipinski definition) is 4. The minimum atomic E-state index is 0.624. The highest BCUT2D eigenvalue weighted by Crippen LogP contribution is 2.31. The molecule has 0 amide bonds. The van der Waals surface area contributed by atoms with E-state index in [4.69, 9.17) is 9.72 Å². The molecule has 1 saturated heterocycles. The van der Waals surface area contributed by atoms with Crippen LogP contribution in [0.2, 0.25) is 0 Å². The van der Waals surface area contributed by atoms with E-state index in [0.29, 0.717) is 5.92 Å². The van der Waals surface area contributed by atoms with Gasteiger partial charge in [0.25, 0.3) is 0 Å². The zero-order chi connectivity index (χ0) is 18.6. The van der Waals surface area contributed by atoms with Crippen molar-refractivity contribution in [1.82, 2.24) is 24.6 Å². The highest BCUT2D eigenvalue weighted by Gasteiger charge is 2.25. The molecule has 0 saturated carbocycles. The second kappa shape index (κ2) is 8.06. The number of methoxy groups -OCH3 is 1. The lowest BCUT2D eigenvalue weighted by atomic mass is 10.1. The highest BCUT2D eigenvalue weighted by molar-refractivity contribution is 5.76. The predicted molar refractivity (Wildman–Crippen MR) is 106 cm³/mol. The quantitative estimate of drug-likeness (QED) is 0.698. The van der Waals surface area contributed by atoms with Gasteiger partial charge in [0.15, 0.2) is 0 Å². The van der Waals surface area contributed by atoms with Crippen molar-refractivity contribution in [2.45, 2.75) is 19.9 Å². The van der Waals surface area contributed by atoms with Crippen molar-refractivity contribution in [3.63, 3.8) is 0 Å². The van der Waals surface area contributed by atoms with Gasteiger partial charge < -0.3 is 14.2 Å². The van der Waals surface area contributed by atoms with E-state index in [9.17, 15) is 0 Å². The third-order valence-corrected chi connectivity index (χ3v) is 5.27. The summed E-state index contributed by atoms with van der Waals surface area (Å²) in [6.07, 6.45) is 3.18. The number of likely N-dealkylation sites (tertiary alicyclic amines) is 1. The molecule has 2 aromatic heterocycles. The zero-order valence-corrected chi connectivity index (χ0v) is 16.1. The van der Waals surface area contributed by atoms with Gasteiger partial charge in [-0.05, 0) is 31.9 Å².